The maximum Gasteiger partial charge on any atom is 0.226 e. The number of likely N-dealkylation sites (N-methyl/N-ethyl adjacent to an activating group) is 1. The molecule has 0 bridgehead atoms. The molecule has 1 amide bonds. The number of pyridine rings is 1. The van der Waals surface area contributed by atoms with Crippen molar-refractivity contribution in [2.75, 3.05) is 25.4 Å². The van der Waals surface area contributed by atoms with E-state index in [-0.39, 0.29) is 11.9 Å². The Hall–Kier alpha value is -1.62. The lowest BCUT2D eigenvalue weighted by atomic mass is 10.2. The van der Waals surface area contributed by atoms with Gasteiger partial charge in [0.1, 0.15) is 0 Å². The molecule has 1 aromatic heterocycles. The highest BCUT2D eigenvalue weighted by molar-refractivity contribution is 5.78. The maximum absolute atomic E-state index is 11.9. The number of anilines is 1. The molecule has 1 heterocycles. The molecular weight excluding hydrogens is 240 g/mol. The quantitative estimate of drug-likeness (QED) is 0.772. The van der Waals surface area contributed by atoms with Crippen LogP contribution in [0.2, 0.25) is 0 Å². The van der Waals surface area contributed by atoms with Gasteiger partial charge in [-0.05, 0) is 32.1 Å². The van der Waals surface area contributed by atoms with Crippen molar-refractivity contribution in [2.24, 2.45) is 0 Å². The van der Waals surface area contributed by atoms with Crippen LogP contribution < -0.4 is 11.1 Å². The molecule has 19 heavy (non-hydrogen) atoms. The van der Waals surface area contributed by atoms with Crippen LogP contribution in [0.15, 0.2) is 18.3 Å². The first-order valence-corrected chi connectivity index (χ1v) is 6.77. The van der Waals surface area contributed by atoms with Crippen LogP contribution >= 0.6 is 0 Å². The van der Waals surface area contributed by atoms with E-state index in [9.17, 15) is 4.79 Å². The van der Waals surface area contributed by atoms with Gasteiger partial charge in [-0.3, -0.25) is 9.78 Å². The first-order chi connectivity index (χ1) is 9.05. The third-order valence-electron chi connectivity index (χ3n) is 3.02. The fourth-order valence-electron chi connectivity index (χ4n) is 1.95. The van der Waals surface area contributed by atoms with Crippen LogP contribution in [0, 0.1) is 0 Å². The van der Waals surface area contributed by atoms with Gasteiger partial charge in [0.25, 0.3) is 0 Å². The number of carbonyl (C=O) groups is 1. The number of amides is 1. The van der Waals surface area contributed by atoms with Crippen LogP contribution in [-0.2, 0) is 11.2 Å². The summed E-state index contributed by atoms with van der Waals surface area (Å²) in [6.45, 7) is 9.12. The maximum atomic E-state index is 11.9. The molecule has 0 saturated heterocycles. The first kappa shape index (κ1) is 15.4. The summed E-state index contributed by atoms with van der Waals surface area (Å²) in [6.07, 6.45) is 1.87. The van der Waals surface area contributed by atoms with E-state index < -0.39 is 0 Å². The van der Waals surface area contributed by atoms with Gasteiger partial charge in [0.15, 0.2) is 0 Å². The highest BCUT2D eigenvalue weighted by atomic mass is 16.1. The van der Waals surface area contributed by atoms with Gasteiger partial charge in [-0.15, -0.1) is 0 Å². The Labute approximate surface area is 115 Å². The molecule has 0 aliphatic heterocycles. The predicted octanol–water partition coefficient (Wildman–Crippen LogP) is 1.05. The van der Waals surface area contributed by atoms with Gasteiger partial charge < -0.3 is 16.0 Å². The number of nitrogens with one attached hydrogen (secondary N) is 1. The zero-order valence-electron chi connectivity index (χ0n) is 12.0. The fraction of sp³-hybridized carbons (Fsp3) is 0.571. The van der Waals surface area contributed by atoms with Gasteiger partial charge >= 0.3 is 0 Å². The van der Waals surface area contributed by atoms with E-state index in [2.05, 4.69) is 29.0 Å². The summed E-state index contributed by atoms with van der Waals surface area (Å²) in [5.41, 5.74) is 6.90. The van der Waals surface area contributed by atoms with Crippen molar-refractivity contribution in [3.05, 3.63) is 24.0 Å². The van der Waals surface area contributed by atoms with Crippen LogP contribution in [0.25, 0.3) is 0 Å². The van der Waals surface area contributed by atoms with Gasteiger partial charge in [-0.2, -0.15) is 0 Å². The minimum atomic E-state index is -0.00284. The molecule has 0 aromatic carbocycles. The summed E-state index contributed by atoms with van der Waals surface area (Å²) in [7, 11) is 0. The zero-order chi connectivity index (χ0) is 14.3. The Morgan fingerprint density at radius 1 is 1.42 bits per heavy atom. The van der Waals surface area contributed by atoms with Crippen molar-refractivity contribution in [1.29, 1.82) is 0 Å². The SMILES string of the molecule is CCN(CC)CC(C)NC(=O)Cc1ccc(N)cn1. The second-order valence-electron chi connectivity index (χ2n) is 4.71. The summed E-state index contributed by atoms with van der Waals surface area (Å²) in [6, 6.07) is 3.68. The van der Waals surface area contributed by atoms with E-state index in [1.54, 1.807) is 18.3 Å². The molecule has 3 N–H and O–H groups in total. The summed E-state index contributed by atoms with van der Waals surface area (Å²) in [5, 5.41) is 2.99. The number of nitrogens with two attached hydrogens (primary N) is 1. The normalized spacial score (nSPS) is 12.4. The summed E-state index contributed by atoms with van der Waals surface area (Å²) >= 11 is 0. The van der Waals surface area contributed by atoms with Gasteiger partial charge in [-0.25, -0.2) is 0 Å². The third kappa shape index (κ3) is 5.70. The minimum absolute atomic E-state index is 0.00284. The van der Waals surface area contributed by atoms with Crippen molar-refractivity contribution in [3.8, 4) is 0 Å². The van der Waals surface area contributed by atoms with Gasteiger partial charge in [-0.1, -0.05) is 13.8 Å². The Balaban J connectivity index is 2.40. The van der Waals surface area contributed by atoms with E-state index in [1.165, 1.54) is 0 Å². The molecular formula is C14H24N4O. The standard InChI is InChI=1S/C14H24N4O/c1-4-18(5-2)10-11(3)17-14(19)8-13-7-6-12(15)9-16-13/h6-7,9,11H,4-5,8,10,15H2,1-3H3,(H,17,19). The number of rotatable bonds is 7. The van der Waals surface area contributed by atoms with Crippen molar-refractivity contribution >= 4 is 11.6 Å². The Bertz CT molecular complexity index is 387. The first-order valence-electron chi connectivity index (χ1n) is 6.77. The van der Waals surface area contributed by atoms with Gasteiger partial charge in [0, 0.05) is 18.3 Å². The van der Waals surface area contributed by atoms with E-state index in [0.717, 1.165) is 25.3 Å². The Morgan fingerprint density at radius 3 is 2.63 bits per heavy atom. The average Bonchev–Trinajstić information content (AvgIpc) is 2.38. The van der Waals surface area contributed by atoms with Crippen molar-refractivity contribution in [3.63, 3.8) is 0 Å². The fourth-order valence-corrected chi connectivity index (χ4v) is 1.95. The van der Waals surface area contributed by atoms with E-state index >= 15 is 0 Å². The molecule has 5 heteroatoms. The van der Waals surface area contributed by atoms with E-state index in [4.69, 9.17) is 5.73 Å². The van der Waals surface area contributed by atoms with E-state index in [0.29, 0.717) is 12.1 Å². The number of nitrogen functional groups attached to an aromatic ring is 1. The molecule has 1 aromatic rings. The van der Waals surface area contributed by atoms with Crippen molar-refractivity contribution in [1.82, 2.24) is 15.2 Å². The second-order valence-corrected chi connectivity index (χ2v) is 4.71. The summed E-state index contributed by atoms with van der Waals surface area (Å²) in [4.78, 5) is 18.3. The second kappa shape index (κ2) is 7.74. The Morgan fingerprint density at radius 2 is 2.11 bits per heavy atom. The third-order valence-corrected chi connectivity index (χ3v) is 3.02. The molecule has 0 saturated carbocycles. The lowest BCUT2D eigenvalue weighted by molar-refractivity contribution is -0.121. The highest BCUT2D eigenvalue weighted by Crippen LogP contribution is 2.02. The highest BCUT2D eigenvalue weighted by Gasteiger charge is 2.11. The zero-order valence-corrected chi connectivity index (χ0v) is 12.0. The monoisotopic (exact) mass is 264 g/mol. The van der Waals surface area contributed by atoms with Crippen LogP contribution in [0.4, 0.5) is 5.69 Å². The number of hydrogen-bond acceptors (Lipinski definition) is 4. The topological polar surface area (TPSA) is 71.2 Å². The molecule has 0 radical (unpaired) electrons. The molecule has 0 spiro atoms. The van der Waals surface area contributed by atoms with Gasteiger partial charge in [0.05, 0.1) is 18.3 Å². The summed E-state index contributed by atoms with van der Waals surface area (Å²) < 4.78 is 0. The predicted molar refractivity (Wildman–Crippen MR) is 77.7 cm³/mol. The minimum Gasteiger partial charge on any atom is -0.397 e. The number of aromatic nitrogens is 1. The van der Waals surface area contributed by atoms with Gasteiger partial charge in [0.2, 0.25) is 5.91 Å². The number of nitrogens with zero attached hydrogens (tertiary/aromatic N) is 2. The van der Waals surface area contributed by atoms with Crippen LogP contribution in [0.3, 0.4) is 0 Å². The molecule has 0 fully saturated rings. The summed E-state index contributed by atoms with van der Waals surface area (Å²) in [5.74, 6) is -0.00284. The number of carbonyl (C=O) groups excluding carboxylic acids is 1. The molecule has 0 aliphatic rings. The van der Waals surface area contributed by atoms with E-state index in [1.807, 2.05) is 6.92 Å². The van der Waals surface area contributed by atoms with Crippen molar-refractivity contribution < 1.29 is 4.79 Å². The van der Waals surface area contributed by atoms with Crippen LogP contribution in [0.5, 0.6) is 0 Å². The lowest BCUT2D eigenvalue weighted by Crippen LogP contribution is -2.42. The molecule has 1 atom stereocenters. The average molecular weight is 264 g/mol. The molecule has 5 nitrogen and oxygen atoms in total. The molecule has 1 rings (SSSR count). The Kier molecular flexibility index (Phi) is 6.29. The number of hydrogen-bond donors (Lipinski definition) is 2. The molecule has 0 aliphatic carbocycles. The largest absolute Gasteiger partial charge is 0.397 e. The molecule has 106 valence electrons. The van der Waals surface area contributed by atoms with Crippen molar-refractivity contribution in [2.45, 2.75) is 33.2 Å². The molecule has 1 unspecified atom stereocenters. The van der Waals surface area contributed by atoms with Crippen LogP contribution in [-0.4, -0.2) is 41.5 Å². The lowest BCUT2D eigenvalue weighted by Gasteiger charge is -2.23. The van der Waals surface area contributed by atoms with Crippen LogP contribution in [0.1, 0.15) is 26.5 Å². The smallest absolute Gasteiger partial charge is 0.226 e.